The largest absolute Gasteiger partial charge is 0.396 e. The van der Waals surface area contributed by atoms with Crippen LogP contribution in [0.3, 0.4) is 0 Å². The summed E-state index contributed by atoms with van der Waals surface area (Å²) in [5.74, 6) is 0.245. The molecule has 0 aliphatic carbocycles. The van der Waals surface area contributed by atoms with Gasteiger partial charge in [-0.15, -0.1) is 11.3 Å². The predicted molar refractivity (Wildman–Crippen MR) is 69.7 cm³/mol. The third-order valence-corrected chi connectivity index (χ3v) is 4.06. The van der Waals surface area contributed by atoms with Gasteiger partial charge < -0.3 is 16.2 Å². The van der Waals surface area contributed by atoms with Gasteiger partial charge in [-0.2, -0.15) is 0 Å². The predicted octanol–water partition coefficient (Wildman–Crippen LogP) is 1.66. The van der Waals surface area contributed by atoms with Gasteiger partial charge in [-0.3, -0.25) is 0 Å². The fourth-order valence-corrected chi connectivity index (χ4v) is 2.50. The Morgan fingerprint density at radius 3 is 2.56 bits per heavy atom. The summed E-state index contributed by atoms with van der Waals surface area (Å²) >= 11 is 1.78. The molecule has 0 aliphatic rings. The summed E-state index contributed by atoms with van der Waals surface area (Å²) in [6.07, 6.45) is 0. The standard InChI is InChI=1S/C12H22N2OS/c1-8(7-15)10(3)14-11(6-13)12-5-4-9(2)16-12/h4-5,8,10-11,14-15H,6-7,13H2,1-3H3. The normalized spacial score (nSPS) is 17.1. The highest BCUT2D eigenvalue weighted by Crippen LogP contribution is 2.23. The van der Waals surface area contributed by atoms with Gasteiger partial charge in [-0.25, -0.2) is 0 Å². The van der Waals surface area contributed by atoms with Crippen molar-refractivity contribution in [3.8, 4) is 0 Å². The fraction of sp³-hybridized carbons (Fsp3) is 0.667. The van der Waals surface area contributed by atoms with E-state index in [0.717, 1.165) is 0 Å². The van der Waals surface area contributed by atoms with Crippen molar-refractivity contribution in [1.82, 2.24) is 5.32 Å². The van der Waals surface area contributed by atoms with Gasteiger partial charge in [0.05, 0.1) is 6.04 Å². The Kier molecular flexibility index (Phi) is 5.41. The fourth-order valence-electron chi connectivity index (χ4n) is 1.55. The van der Waals surface area contributed by atoms with Crippen LogP contribution in [0.25, 0.3) is 0 Å². The molecule has 0 fully saturated rings. The zero-order chi connectivity index (χ0) is 12.1. The second kappa shape index (κ2) is 6.35. The lowest BCUT2D eigenvalue weighted by Gasteiger charge is -2.25. The van der Waals surface area contributed by atoms with Crippen LogP contribution in [0.5, 0.6) is 0 Å². The summed E-state index contributed by atoms with van der Waals surface area (Å²) < 4.78 is 0. The zero-order valence-electron chi connectivity index (χ0n) is 10.2. The first-order valence-corrected chi connectivity index (χ1v) is 6.53. The number of nitrogens with one attached hydrogen (secondary N) is 1. The van der Waals surface area contributed by atoms with E-state index in [1.165, 1.54) is 9.75 Å². The molecule has 3 atom stereocenters. The second-order valence-electron chi connectivity index (χ2n) is 4.35. The highest BCUT2D eigenvalue weighted by atomic mass is 32.1. The maximum absolute atomic E-state index is 9.10. The van der Waals surface area contributed by atoms with Crippen LogP contribution in [0.15, 0.2) is 12.1 Å². The van der Waals surface area contributed by atoms with Crippen molar-refractivity contribution < 1.29 is 5.11 Å². The number of rotatable bonds is 6. The number of aliphatic hydroxyl groups is 1. The number of hydrogen-bond donors (Lipinski definition) is 3. The molecule has 0 saturated heterocycles. The minimum absolute atomic E-state index is 0.197. The molecule has 16 heavy (non-hydrogen) atoms. The zero-order valence-corrected chi connectivity index (χ0v) is 11.1. The highest BCUT2D eigenvalue weighted by Gasteiger charge is 2.17. The average Bonchev–Trinajstić information content (AvgIpc) is 2.71. The first-order valence-electron chi connectivity index (χ1n) is 5.71. The maximum Gasteiger partial charge on any atom is 0.0541 e. The number of aryl methyl sites for hydroxylation is 1. The van der Waals surface area contributed by atoms with Gasteiger partial charge in [0.25, 0.3) is 0 Å². The molecule has 3 unspecified atom stereocenters. The maximum atomic E-state index is 9.10. The lowest BCUT2D eigenvalue weighted by atomic mass is 10.0. The number of nitrogens with two attached hydrogens (primary N) is 1. The second-order valence-corrected chi connectivity index (χ2v) is 5.67. The molecule has 92 valence electrons. The molecule has 1 aromatic rings. The monoisotopic (exact) mass is 242 g/mol. The van der Waals surface area contributed by atoms with Gasteiger partial charge >= 0.3 is 0 Å². The van der Waals surface area contributed by atoms with Crippen LogP contribution in [0.4, 0.5) is 0 Å². The van der Waals surface area contributed by atoms with Crippen LogP contribution in [-0.2, 0) is 0 Å². The number of aliphatic hydroxyl groups excluding tert-OH is 1. The molecule has 1 heterocycles. The molecule has 0 aromatic carbocycles. The summed E-state index contributed by atoms with van der Waals surface area (Å²) in [5, 5.41) is 12.6. The van der Waals surface area contributed by atoms with Gasteiger partial charge in [-0.05, 0) is 31.9 Å². The summed E-state index contributed by atoms with van der Waals surface area (Å²) in [7, 11) is 0. The van der Waals surface area contributed by atoms with Crippen LogP contribution >= 0.6 is 11.3 Å². The molecule has 0 amide bonds. The molecular weight excluding hydrogens is 220 g/mol. The Labute approximate surface area is 102 Å². The lowest BCUT2D eigenvalue weighted by molar-refractivity contribution is 0.201. The van der Waals surface area contributed by atoms with Gasteiger partial charge in [0.2, 0.25) is 0 Å². The summed E-state index contributed by atoms with van der Waals surface area (Å²) in [4.78, 5) is 2.58. The number of thiophene rings is 1. The molecule has 1 rings (SSSR count). The van der Waals surface area contributed by atoms with E-state index >= 15 is 0 Å². The molecule has 0 bridgehead atoms. The van der Waals surface area contributed by atoms with Crippen molar-refractivity contribution in [1.29, 1.82) is 0 Å². The first kappa shape index (κ1) is 13.6. The molecule has 0 radical (unpaired) electrons. The Morgan fingerprint density at radius 2 is 2.12 bits per heavy atom. The van der Waals surface area contributed by atoms with Crippen LogP contribution in [0.1, 0.15) is 29.6 Å². The van der Waals surface area contributed by atoms with E-state index in [1.54, 1.807) is 11.3 Å². The minimum Gasteiger partial charge on any atom is -0.396 e. The molecule has 4 heteroatoms. The van der Waals surface area contributed by atoms with Crippen LogP contribution < -0.4 is 11.1 Å². The van der Waals surface area contributed by atoms with E-state index in [4.69, 9.17) is 10.8 Å². The van der Waals surface area contributed by atoms with Crippen molar-refractivity contribution >= 4 is 11.3 Å². The van der Waals surface area contributed by atoms with E-state index in [2.05, 4.69) is 31.3 Å². The average molecular weight is 242 g/mol. The molecular formula is C12H22N2OS. The van der Waals surface area contributed by atoms with Gasteiger partial charge in [0.15, 0.2) is 0 Å². The van der Waals surface area contributed by atoms with E-state index in [-0.39, 0.29) is 24.6 Å². The van der Waals surface area contributed by atoms with Crippen molar-refractivity contribution in [3.05, 3.63) is 21.9 Å². The SMILES string of the molecule is Cc1ccc(C(CN)NC(C)C(C)CO)s1. The Morgan fingerprint density at radius 1 is 1.44 bits per heavy atom. The minimum atomic E-state index is 0.197. The third-order valence-electron chi connectivity index (χ3n) is 2.95. The topological polar surface area (TPSA) is 58.3 Å². The van der Waals surface area contributed by atoms with E-state index in [9.17, 15) is 0 Å². The van der Waals surface area contributed by atoms with Gasteiger partial charge in [-0.1, -0.05) is 6.92 Å². The van der Waals surface area contributed by atoms with Crippen LogP contribution in [-0.4, -0.2) is 24.3 Å². The first-order chi connectivity index (χ1) is 7.58. The quantitative estimate of drug-likeness (QED) is 0.711. The molecule has 0 saturated carbocycles. The highest BCUT2D eigenvalue weighted by molar-refractivity contribution is 7.12. The van der Waals surface area contributed by atoms with Crippen LogP contribution in [0.2, 0.25) is 0 Å². The summed E-state index contributed by atoms with van der Waals surface area (Å²) in [6, 6.07) is 4.70. The molecule has 0 aliphatic heterocycles. The third kappa shape index (κ3) is 3.56. The van der Waals surface area contributed by atoms with E-state index in [1.807, 2.05) is 6.92 Å². The van der Waals surface area contributed by atoms with Crippen molar-refractivity contribution in [2.75, 3.05) is 13.2 Å². The van der Waals surface area contributed by atoms with Crippen LogP contribution in [0, 0.1) is 12.8 Å². The molecule has 0 spiro atoms. The van der Waals surface area contributed by atoms with Gasteiger partial charge in [0.1, 0.15) is 0 Å². The van der Waals surface area contributed by atoms with E-state index < -0.39 is 0 Å². The van der Waals surface area contributed by atoms with Crippen molar-refractivity contribution in [2.45, 2.75) is 32.9 Å². The Balaban J connectivity index is 2.62. The van der Waals surface area contributed by atoms with E-state index in [0.29, 0.717) is 6.54 Å². The Bertz CT molecular complexity index is 314. The lowest BCUT2D eigenvalue weighted by Crippen LogP contribution is -2.39. The summed E-state index contributed by atoms with van der Waals surface area (Å²) in [5.41, 5.74) is 5.79. The smallest absolute Gasteiger partial charge is 0.0541 e. The summed E-state index contributed by atoms with van der Waals surface area (Å²) in [6.45, 7) is 7.01. The molecule has 3 nitrogen and oxygen atoms in total. The molecule has 1 aromatic heterocycles. The van der Waals surface area contributed by atoms with Gasteiger partial charge in [0, 0.05) is 28.9 Å². The number of hydrogen-bond acceptors (Lipinski definition) is 4. The Hall–Kier alpha value is -0.420. The van der Waals surface area contributed by atoms with Crippen molar-refractivity contribution in [2.24, 2.45) is 11.7 Å². The molecule has 4 N–H and O–H groups in total. The van der Waals surface area contributed by atoms with Crippen molar-refractivity contribution in [3.63, 3.8) is 0 Å².